The van der Waals surface area contributed by atoms with Crippen LogP contribution in [-0.2, 0) is 15.6 Å². The standard InChI is InChI=1S/C11H18N2O4S/c14-10(15)8-2-1-3-9(8)12-11(16)13-4-6-18(17)7-5-13/h8-9H,1-7H2,(H,12,16)(H,14,15). The molecular formula is C11H18N2O4S. The van der Waals surface area contributed by atoms with E-state index in [2.05, 4.69) is 5.32 Å². The van der Waals surface area contributed by atoms with E-state index in [1.54, 1.807) is 4.90 Å². The first-order valence-electron chi connectivity index (χ1n) is 6.21. The lowest BCUT2D eigenvalue weighted by atomic mass is 10.0. The molecule has 2 N–H and O–H groups in total. The van der Waals surface area contributed by atoms with Gasteiger partial charge >= 0.3 is 12.0 Å². The lowest BCUT2D eigenvalue weighted by Crippen LogP contribution is -2.51. The van der Waals surface area contributed by atoms with Crippen molar-refractivity contribution < 1.29 is 18.9 Å². The maximum atomic E-state index is 12.0. The molecule has 0 spiro atoms. The zero-order valence-corrected chi connectivity index (χ0v) is 10.9. The van der Waals surface area contributed by atoms with Crippen LogP contribution >= 0.6 is 0 Å². The second kappa shape index (κ2) is 5.69. The Morgan fingerprint density at radius 3 is 2.50 bits per heavy atom. The highest BCUT2D eigenvalue weighted by Gasteiger charge is 2.35. The van der Waals surface area contributed by atoms with E-state index in [0.29, 0.717) is 31.0 Å². The third-order valence-corrected chi connectivity index (χ3v) is 4.88. The summed E-state index contributed by atoms with van der Waals surface area (Å²) in [5.74, 6) is -0.272. The van der Waals surface area contributed by atoms with Crippen molar-refractivity contribution in [2.75, 3.05) is 24.6 Å². The van der Waals surface area contributed by atoms with Crippen LogP contribution in [0, 0.1) is 5.92 Å². The SMILES string of the molecule is O=C(O)C1CCCC1NC(=O)N1CCS(=O)CC1. The minimum Gasteiger partial charge on any atom is -0.481 e. The van der Waals surface area contributed by atoms with E-state index in [0.717, 1.165) is 12.8 Å². The third kappa shape index (κ3) is 3.01. The van der Waals surface area contributed by atoms with Crippen molar-refractivity contribution in [3.8, 4) is 0 Å². The van der Waals surface area contributed by atoms with Gasteiger partial charge in [-0.05, 0) is 12.8 Å². The number of nitrogens with one attached hydrogen (secondary N) is 1. The van der Waals surface area contributed by atoms with Crippen LogP contribution in [0.15, 0.2) is 0 Å². The molecule has 2 fully saturated rings. The van der Waals surface area contributed by atoms with Gasteiger partial charge in [0.25, 0.3) is 0 Å². The lowest BCUT2D eigenvalue weighted by Gasteiger charge is -2.28. The monoisotopic (exact) mass is 274 g/mol. The summed E-state index contributed by atoms with van der Waals surface area (Å²) < 4.78 is 11.2. The average Bonchev–Trinajstić information content (AvgIpc) is 2.78. The lowest BCUT2D eigenvalue weighted by molar-refractivity contribution is -0.142. The molecule has 0 aromatic rings. The predicted molar refractivity (Wildman–Crippen MR) is 66.7 cm³/mol. The van der Waals surface area contributed by atoms with Crippen LogP contribution < -0.4 is 5.32 Å². The predicted octanol–water partition coefficient (Wildman–Crippen LogP) is 0.0136. The molecule has 1 aliphatic heterocycles. The number of hydrogen-bond acceptors (Lipinski definition) is 3. The molecule has 2 unspecified atom stereocenters. The molecule has 1 aliphatic carbocycles. The van der Waals surface area contributed by atoms with E-state index < -0.39 is 22.7 Å². The maximum Gasteiger partial charge on any atom is 0.317 e. The second-order valence-electron chi connectivity index (χ2n) is 4.77. The molecule has 102 valence electrons. The number of urea groups is 1. The van der Waals surface area contributed by atoms with Crippen molar-refractivity contribution in [2.24, 2.45) is 5.92 Å². The zero-order valence-electron chi connectivity index (χ0n) is 10.1. The molecule has 0 aromatic heterocycles. The van der Waals surface area contributed by atoms with Gasteiger partial charge in [0, 0.05) is 41.4 Å². The van der Waals surface area contributed by atoms with Crippen LogP contribution in [0.1, 0.15) is 19.3 Å². The van der Waals surface area contributed by atoms with Gasteiger partial charge in [0.2, 0.25) is 0 Å². The van der Waals surface area contributed by atoms with Crippen LogP contribution in [0.4, 0.5) is 4.79 Å². The van der Waals surface area contributed by atoms with Crippen molar-refractivity contribution in [2.45, 2.75) is 25.3 Å². The van der Waals surface area contributed by atoms with E-state index in [1.165, 1.54) is 0 Å². The van der Waals surface area contributed by atoms with Crippen LogP contribution in [0.2, 0.25) is 0 Å². The Labute approximate surface area is 108 Å². The number of rotatable bonds is 2. The van der Waals surface area contributed by atoms with Gasteiger partial charge in [0.05, 0.1) is 5.92 Å². The molecule has 2 atom stereocenters. The first-order valence-corrected chi connectivity index (χ1v) is 7.70. The van der Waals surface area contributed by atoms with E-state index in [1.807, 2.05) is 0 Å². The fourth-order valence-corrected chi connectivity index (χ4v) is 3.57. The van der Waals surface area contributed by atoms with E-state index >= 15 is 0 Å². The zero-order chi connectivity index (χ0) is 13.1. The van der Waals surface area contributed by atoms with Gasteiger partial charge in [-0.1, -0.05) is 6.42 Å². The van der Waals surface area contributed by atoms with Crippen molar-refractivity contribution in [3.63, 3.8) is 0 Å². The molecule has 7 heteroatoms. The Hall–Kier alpha value is -1.11. The van der Waals surface area contributed by atoms with Gasteiger partial charge in [0.15, 0.2) is 0 Å². The average molecular weight is 274 g/mol. The molecule has 2 aliphatic rings. The molecule has 6 nitrogen and oxygen atoms in total. The Morgan fingerprint density at radius 1 is 1.22 bits per heavy atom. The van der Waals surface area contributed by atoms with Crippen LogP contribution in [0.3, 0.4) is 0 Å². The Bertz CT molecular complexity index is 364. The molecule has 1 saturated carbocycles. The second-order valence-corrected chi connectivity index (χ2v) is 6.46. The number of aliphatic carboxylic acids is 1. The van der Waals surface area contributed by atoms with Gasteiger partial charge in [-0.2, -0.15) is 0 Å². The number of nitrogens with zero attached hydrogens (tertiary/aromatic N) is 1. The third-order valence-electron chi connectivity index (χ3n) is 3.61. The van der Waals surface area contributed by atoms with Gasteiger partial charge in [-0.25, -0.2) is 4.79 Å². The Balaban J connectivity index is 1.87. The van der Waals surface area contributed by atoms with E-state index in [4.69, 9.17) is 5.11 Å². The molecule has 0 aromatic carbocycles. The molecule has 2 rings (SSSR count). The summed E-state index contributed by atoms with van der Waals surface area (Å²) in [5, 5.41) is 11.8. The van der Waals surface area contributed by atoms with Gasteiger partial charge in [-0.15, -0.1) is 0 Å². The van der Waals surface area contributed by atoms with Crippen LogP contribution in [0.25, 0.3) is 0 Å². The van der Waals surface area contributed by atoms with Crippen molar-refractivity contribution in [1.82, 2.24) is 10.2 Å². The molecule has 0 bridgehead atoms. The summed E-state index contributed by atoms with van der Waals surface area (Å²) >= 11 is 0. The minimum absolute atomic E-state index is 0.218. The van der Waals surface area contributed by atoms with Crippen molar-refractivity contribution in [1.29, 1.82) is 0 Å². The summed E-state index contributed by atoms with van der Waals surface area (Å²) in [4.78, 5) is 24.6. The molecule has 2 amide bonds. The molecule has 1 heterocycles. The fraction of sp³-hybridized carbons (Fsp3) is 0.818. The largest absolute Gasteiger partial charge is 0.481 e. The highest BCUT2D eigenvalue weighted by Crippen LogP contribution is 2.26. The van der Waals surface area contributed by atoms with Gasteiger partial charge in [0.1, 0.15) is 0 Å². The Kier molecular flexibility index (Phi) is 4.21. The van der Waals surface area contributed by atoms with Crippen LogP contribution in [-0.4, -0.2) is 56.9 Å². The minimum atomic E-state index is -0.836. The van der Waals surface area contributed by atoms with Gasteiger partial charge < -0.3 is 15.3 Å². The first-order chi connectivity index (χ1) is 8.58. The molecule has 0 radical (unpaired) electrons. The van der Waals surface area contributed by atoms with Crippen molar-refractivity contribution >= 4 is 22.8 Å². The summed E-state index contributed by atoms with van der Waals surface area (Å²) in [5.41, 5.74) is 0. The Morgan fingerprint density at radius 2 is 1.89 bits per heavy atom. The highest BCUT2D eigenvalue weighted by atomic mass is 32.2. The number of amides is 2. The molecule has 18 heavy (non-hydrogen) atoms. The highest BCUT2D eigenvalue weighted by molar-refractivity contribution is 7.85. The topological polar surface area (TPSA) is 86.7 Å². The quantitative estimate of drug-likeness (QED) is 0.743. The fourth-order valence-electron chi connectivity index (χ4n) is 2.52. The first kappa shape index (κ1) is 13.3. The smallest absolute Gasteiger partial charge is 0.317 e. The summed E-state index contributed by atoms with van der Waals surface area (Å²) in [6.45, 7) is 0.978. The van der Waals surface area contributed by atoms with Crippen molar-refractivity contribution in [3.05, 3.63) is 0 Å². The summed E-state index contributed by atoms with van der Waals surface area (Å²) in [6.07, 6.45) is 2.19. The number of carbonyl (C=O) groups is 2. The van der Waals surface area contributed by atoms with E-state index in [9.17, 15) is 13.8 Å². The molecule has 1 saturated heterocycles. The van der Waals surface area contributed by atoms with E-state index in [-0.39, 0.29) is 12.1 Å². The summed E-state index contributed by atoms with van der Waals surface area (Å²) in [6, 6.07) is -0.479. The number of carbonyl (C=O) groups excluding carboxylic acids is 1. The summed E-state index contributed by atoms with van der Waals surface area (Å²) in [7, 11) is -0.811. The number of carboxylic acid groups (broad SMARTS) is 1. The maximum absolute atomic E-state index is 12.0. The molecular weight excluding hydrogens is 256 g/mol. The normalized spacial score (nSPS) is 29.2. The van der Waals surface area contributed by atoms with Gasteiger partial charge in [-0.3, -0.25) is 9.00 Å². The van der Waals surface area contributed by atoms with Crippen LogP contribution in [0.5, 0.6) is 0 Å². The number of carboxylic acids is 1. The number of hydrogen-bond donors (Lipinski definition) is 2.